The summed E-state index contributed by atoms with van der Waals surface area (Å²) in [5, 5.41) is 3.21. The number of ether oxygens (including phenoxy) is 3. The topological polar surface area (TPSA) is 114 Å². The van der Waals surface area contributed by atoms with Crippen LogP contribution >= 0.6 is 23.2 Å². The molecule has 3 aromatic rings. The van der Waals surface area contributed by atoms with Gasteiger partial charge in [0, 0.05) is 19.7 Å². The maximum absolute atomic E-state index is 14.2. The van der Waals surface area contributed by atoms with Gasteiger partial charge in [0.15, 0.2) is 11.5 Å². The smallest absolute Gasteiger partial charge is 0.264 e. The van der Waals surface area contributed by atoms with Crippen LogP contribution in [0.4, 0.5) is 5.69 Å². The van der Waals surface area contributed by atoms with Crippen LogP contribution in [0.2, 0.25) is 10.0 Å². The number of halogens is 2. The second kappa shape index (κ2) is 15.2. The van der Waals surface area contributed by atoms with Crippen molar-refractivity contribution in [3.63, 3.8) is 0 Å². The quantitative estimate of drug-likeness (QED) is 0.256. The van der Waals surface area contributed by atoms with E-state index in [-0.39, 0.29) is 34.3 Å². The van der Waals surface area contributed by atoms with E-state index >= 15 is 0 Å². The number of carbonyl (C=O) groups is 2. The minimum atomic E-state index is -4.34. The Kier molecular flexibility index (Phi) is 11.9. The van der Waals surface area contributed by atoms with E-state index in [4.69, 9.17) is 37.4 Å². The van der Waals surface area contributed by atoms with Gasteiger partial charge in [0.2, 0.25) is 11.8 Å². The van der Waals surface area contributed by atoms with E-state index in [9.17, 15) is 18.0 Å². The molecule has 43 heavy (non-hydrogen) atoms. The fourth-order valence-corrected chi connectivity index (χ4v) is 6.18. The van der Waals surface area contributed by atoms with Gasteiger partial charge >= 0.3 is 0 Å². The maximum Gasteiger partial charge on any atom is 0.264 e. The van der Waals surface area contributed by atoms with Crippen LogP contribution in [0.1, 0.15) is 25.8 Å². The molecule has 0 aliphatic rings. The first kappa shape index (κ1) is 33.8. The van der Waals surface area contributed by atoms with Gasteiger partial charge in [-0.3, -0.25) is 13.9 Å². The first-order valence-corrected chi connectivity index (χ1v) is 15.6. The Labute approximate surface area is 262 Å². The predicted molar refractivity (Wildman–Crippen MR) is 167 cm³/mol. The Morgan fingerprint density at radius 3 is 2.14 bits per heavy atom. The van der Waals surface area contributed by atoms with E-state index in [1.165, 1.54) is 44.4 Å². The molecule has 0 saturated heterocycles. The van der Waals surface area contributed by atoms with Gasteiger partial charge in [-0.2, -0.15) is 0 Å². The Morgan fingerprint density at radius 1 is 0.907 bits per heavy atom. The molecule has 0 bridgehead atoms. The number of nitrogens with one attached hydrogen (secondary N) is 1. The van der Waals surface area contributed by atoms with E-state index in [0.717, 1.165) is 4.31 Å². The van der Waals surface area contributed by atoms with E-state index in [1.54, 1.807) is 49.4 Å². The summed E-state index contributed by atoms with van der Waals surface area (Å²) in [6.45, 7) is 3.39. The fraction of sp³-hybridized carbons (Fsp3) is 0.333. The minimum Gasteiger partial charge on any atom is -0.494 e. The van der Waals surface area contributed by atoms with Gasteiger partial charge in [0.1, 0.15) is 18.3 Å². The average Bonchev–Trinajstić information content (AvgIpc) is 3.01. The van der Waals surface area contributed by atoms with Crippen molar-refractivity contribution in [2.24, 2.45) is 0 Å². The Morgan fingerprint density at radius 2 is 1.58 bits per heavy atom. The third-order valence-corrected chi connectivity index (χ3v) is 9.14. The van der Waals surface area contributed by atoms with Crippen molar-refractivity contribution in [2.75, 3.05) is 38.7 Å². The second-order valence-electron chi connectivity index (χ2n) is 9.26. The zero-order valence-corrected chi connectivity index (χ0v) is 26.9. The molecular formula is C30H35Cl2N3O7S. The van der Waals surface area contributed by atoms with Crippen LogP contribution in [0.5, 0.6) is 17.2 Å². The molecular weight excluding hydrogens is 617 g/mol. The zero-order chi connectivity index (χ0) is 31.7. The molecule has 0 aliphatic carbocycles. The number of hydrogen-bond donors (Lipinski definition) is 1. The highest BCUT2D eigenvalue weighted by molar-refractivity contribution is 7.92. The number of amides is 2. The van der Waals surface area contributed by atoms with Gasteiger partial charge in [0.05, 0.1) is 41.5 Å². The van der Waals surface area contributed by atoms with Gasteiger partial charge in [-0.1, -0.05) is 36.2 Å². The van der Waals surface area contributed by atoms with Crippen molar-refractivity contribution in [3.8, 4) is 17.2 Å². The molecule has 0 spiro atoms. The van der Waals surface area contributed by atoms with Crippen molar-refractivity contribution in [1.82, 2.24) is 10.2 Å². The molecule has 0 radical (unpaired) electrons. The van der Waals surface area contributed by atoms with Gasteiger partial charge < -0.3 is 24.4 Å². The molecule has 10 nitrogen and oxygen atoms in total. The average molecular weight is 653 g/mol. The van der Waals surface area contributed by atoms with Crippen LogP contribution in [-0.2, 0) is 26.2 Å². The largest absolute Gasteiger partial charge is 0.494 e. The highest BCUT2D eigenvalue weighted by Crippen LogP contribution is 2.33. The van der Waals surface area contributed by atoms with Crippen molar-refractivity contribution < 1.29 is 32.2 Å². The molecule has 13 heteroatoms. The number of likely N-dealkylation sites (N-methyl/N-ethyl adjacent to an activating group) is 1. The first-order valence-electron chi connectivity index (χ1n) is 13.4. The summed E-state index contributed by atoms with van der Waals surface area (Å²) in [5.41, 5.74) is 0.828. The molecule has 232 valence electrons. The van der Waals surface area contributed by atoms with Crippen LogP contribution in [0.25, 0.3) is 0 Å². The van der Waals surface area contributed by atoms with Gasteiger partial charge in [-0.25, -0.2) is 8.42 Å². The third-order valence-electron chi connectivity index (χ3n) is 6.63. The Balaban J connectivity index is 2.11. The van der Waals surface area contributed by atoms with E-state index in [0.29, 0.717) is 28.7 Å². The lowest BCUT2D eigenvalue weighted by Crippen LogP contribution is -2.51. The van der Waals surface area contributed by atoms with Crippen LogP contribution in [0.3, 0.4) is 0 Å². The molecule has 0 fully saturated rings. The van der Waals surface area contributed by atoms with Gasteiger partial charge in [-0.05, 0) is 67.4 Å². The monoisotopic (exact) mass is 651 g/mol. The van der Waals surface area contributed by atoms with Gasteiger partial charge in [-0.15, -0.1) is 0 Å². The molecule has 1 atom stereocenters. The normalized spacial score (nSPS) is 11.8. The molecule has 0 unspecified atom stereocenters. The summed E-state index contributed by atoms with van der Waals surface area (Å²) in [6.07, 6.45) is 0.276. The van der Waals surface area contributed by atoms with E-state index < -0.39 is 34.4 Å². The van der Waals surface area contributed by atoms with Crippen LogP contribution in [0, 0.1) is 0 Å². The fourth-order valence-electron chi connectivity index (χ4n) is 4.43. The highest BCUT2D eigenvalue weighted by atomic mass is 35.5. The molecule has 0 saturated carbocycles. The first-order chi connectivity index (χ1) is 20.5. The van der Waals surface area contributed by atoms with Crippen LogP contribution in [0.15, 0.2) is 65.6 Å². The molecule has 3 rings (SSSR count). The number of sulfonamides is 1. The summed E-state index contributed by atoms with van der Waals surface area (Å²) >= 11 is 12.3. The number of hydrogen-bond acceptors (Lipinski definition) is 7. The number of anilines is 1. The Hall–Kier alpha value is -3.67. The van der Waals surface area contributed by atoms with E-state index in [2.05, 4.69) is 5.32 Å². The summed E-state index contributed by atoms with van der Waals surface area (Å²) in [4.78, 5) is 28.2. The number of carbonyl (C=O) groups excluding carboxylic acids is 2. The lowest BCUT2D eigenvalue weighted by atomic mass is 10.1. The zero-order valence-electron chi connectivity index (χ0n) is 24.6. The van der Waals surface area contributed by atoms with Crippen molar-refractivity contribution >= 4 is 50.7 Å². The number of methoxy groups -OCH3 is 2. The molecule has 0 aromatic heterocycles. The molecule has 0 heterocycles. The second-order valence-corrected chi connectivity index (χ2v) is 11.9. The SMILES string of the molecule is CCOc1ccc(N(CC(=O)N(Cc2ccc(Cl)c(Cl)c2)[C@H](CC)C(=O)NC)S(=O)(=O)c2ccc(OC)c(OC)c2)cc1. The lowest BCUT2D eigenvalue weighted by molar-refractivity contribution is -0.140. The minimum absolute atomic E-state index is 0.0187. The predicted octanol–water partition coefficient (Wildman–Crippen LogP) is 5.16. The van der Waals surface area contributed by atoms with Crippen LogP contribution < -0.4 is 23.8 Å². The Bertz CT molecular complexity index is 1540. The number of nitrogens with zero attached hydrogens (tertiary/aromatic N) is 2. The van der Waals surface area contributed by atoms with Gasteiger partial charge in [0.25, 0.3) is 10.0 Å². The van der Waals surface area contributed by atoms with Crippen LogP contribution in [-0.4, -0.2) is 65.6 Å². The van der Waals surface area contributed by atoms with E-state index in [1.807, 2.05) is 6.92 Å². The summed E-state index contributed by atoms with van der Waals surface area (Å²) < 4.78 is 45.4. The summed E-state index contributed by atoms with van der Waals surface area (Å²) in [5.74, 6) is 0.0708. The summed E-state index contributed by atoms with van der Waals surface area (Å²) in [6, 6.07) is 14.5. The summed E-state index contributed by atoms with van der Waals surface area (Å²) in [7, 11) is -0.0299. The molecule has 2 amide bonds. The van der Waals surface area contributed by atoms with Crippen molar-refractivity contribution in [2.45, 2.75) is 37.8 Å². The number of benzene rings is 3. The standard InChI is InChI=1S/C30H35Cl2N3O7S/c1-6-26(30(37)33-3)34(18-20-8-14-24(31)25(32)16-20)29(36)19-35(21-9-11-22(12-10-21)42-7-2)43(38,39)23-13-15-27(40-4)28(17-23)41-5/h8-17,26H,6-7,18-19H2,1-5H3,(H,33,37)/t26-/m1/s1. The molecule has 3 aromatic carbocycles. The third kappa shape index (κ3) is 8.04. The lowest BCUT2D eigenvalue weighted by Gasteiger charge is -2.33. The molecule has 1 N–H and O–H groups in total. The molecule has 0 aliphatic heterocycles. The van der Waals surface area contributed by atoms with Crippen molar-refractivity contribution in [3.05, 3.63) is 76.3 Å². The number of rotatable bonds is 14. The highest BCUT2D eigenvalue weighted by Gasteiger charge is 2.34. The van der Waals surface area contributed by atoms with Crippen molar-refractivity contribution in [1.29, 1.82) is 0 Å². The maximum atomic E-state index is 14.2.